The summed E-state index contributed by atoms with van der Waals surface area (Å²) < 4.78 is 27.3. The van der Waals surface area contributed by atoms with E-state index in [0.717, 1.165) is 11.1 Å². The summed E-state index contributed by atoms with van der Waals surface area (Å²) in [5.74, 6) is -1.15. The van der Waals surface area contributed by atoms with Crippen molar-refractivity contribution in [2.45, 2.75) is 25.7 Å². The smallest absolute Gasteiger partial charge is 0.335 e. The highest BCUT2D eigenvalue weighted by atomic mass is 32.2. The Morgan fingerprint density at radius 1 is 1.00 bits per heavy atom. The van der Waals surface area contributed by atoms with Crippen molar-refractivity contribution in [3.63, 3.8) is 0 Å². The number of hydrogen-bond donors (Lipinski definition) is 2. The van der Waals surface area contributed by atoms with Crippen molar-refractivity contribution < 1.29 is 18.3 Å². The van der Waals surface area contributed by atoms with Crippen molar-refractivity contribution in [3.8, 4) is 0 Å². The Labute approximate surface area is 129 Å². The molecule has 0 aliphatic carbocycles. The number of aryl methyl sites for hydroxylation is 3. The lowest BCUT2D eigenvalue weighted by Gasteiger charge is -2.11. The summed E-state index contributed by atoms with van der Waals surface area (Å²) >= 11 is 0. The number of carbonyl (C=O) groups is 1. The number of anilines is 1. The second-order valence-electron chi connectivity index (χ2n) is 5.26. The first-order valence-electron chi connectivity index (χ1n) is 6.64. The molecule has 0 aliphatic heterocycles. The van der Waals surface area contributed by atoms with E-state index in [9.17, 15) is 13.2 Å². The van der Waals surface area contributed by atoms with E-state index >= 15 is 0 Å². The average Bonchev–Trinajstić information content (AvgIpc) is 2.36. The number of carboxylic acid groups (broad SMARTS) is 1. The summed E-state index contributed by atoms with van der Waals surface area (Å²) in [4.78, 5) is 11.1. The number of benzene rings is 2. The molecule has 0 unspecified atom stereocenters. The largest absolute Gasteiger partial charge is 0.478 e. The predicted octanol–water partition coefficient (Wildman–Crippen LogP) is 3.11. The Bertz CT molecular complexity index is 821. The normalized spacial score (nSPS) is 11.2. The standard InChI is InChI=1S/C16H17NO4S/c1-10-6-11(2)8-13(7-10)17-22(20,21)14-5-4-12(3)15(9-14)16(18)19/h4-9,17H,1-3H3,(H,18,19). The van der Waals surface area contributed by atoms with E-state index in [4.69, 9.17) is 5.11 Å². The Balaban J connectivity index is 2.42. The Morgan fingerprint density at radius 3 is 2.14 bits per heavy atom. The summed E-state index contributed by atoms with van der Waals surface area (Å²) in [6, 6.07) is 9.43. The van der Waals surface area contributed by atoms with Gasteiger partial charge in [-0.2, -0.15) is 0 Å². The zero-order valence-electron chi connectivity index (χ0n) is 12.5. The quantitative estimate of drug-likeness (QED) is 0.907. The van der Waals surface area contributed by atoms with Crippen molar-refractivity contribution in [1.29, 1.82) is 0 Å². The molecule has 2 N–H and O–H groups in total. The third kappa shape index (κ3) is 3.46. The van der Waals surface area contributed by atoms with Gasteiger partial charge >= 0.3 is 5.97 Å². The maximum absolute atomic E-state index is 12.4. The molecule has 0 spiro atoms. The zero-order valence-corrected chi connectivity index (χ0v) is 13.4. The molecule has 0 fully saturated rings. The summed E-state index contributed by atoms with van der Waals surface area (Å²) in [5, 5.41) is 9.10. The molecule has 0 radical (unpaired) electrons. The molecule has 0 amide bonds. The molecule has 0 saturated heterocycles. The molecule has 2 rings (SSSR count). The van der Waals surface area contributed by atoms with Crippen molar-refractivity contribution in [1.82, 2.24) is 0 Å². The zero-order chi connectivity index (χ0) is 16.5. The molecule has 2 aromatic carbocycles. The molecule has 2 aromatic rings. The van der Waals surface area contributed by atoms with Gasteiger partial charge in [0.2, 0.25) is 0 Å². The lowest BCUT2D eigenvalue weighted by Crippen LogP contribution is -2.14. The van der Waals surface area contributed by atoms with Gasteiger partial charge in [-0.15, -0.1) is 0 Å². The summed E-state index contributed by atoms with van der Waals surface area (Å²) in [6.07, 6.45) is 0. The highest BCUT2D eigenvalue weighted by molar-refractivity contribution is 7.92. The van der Waals surface area contributed by atoms with E-state index in [1.165, 1.54) is 18.2 Å². The van der Waals surface area contributed by atoms with Gasteiger partial charge in [0.25, 0.3) is 10.0 Å². The maximum atomic E-state index is 12.4. The maximum Gasteiger partial charge on any atom is 0.335 e. The van der Waals surface area contributed by atoms with Gasteiger partial charge in [-0.3, -0.25) is 4.72 Å². The second-order valence-corrected chi connectivity index (χ2v) is 6.95. The predicted molar refractivity (Wildman–Crippen MR) is 84.9 cm³/mol. The van der Waals surface area contributed by atoms with Crippen molar-refractivity contribution in [3.05, 3.63) is 58.7 Å². The van der Waals surface area contributed by atoms with E-state index in [1.807, 2.05) is 19.9 Å². The first kappa shape index (κ1) is 16.0. The lowest BCUT2D eigenvalue weighted by atomic mass is 10.1. The van der Waals surface area contributed by atoms with Crippen LogP contribution in [0.15, 0.2) is 41.3 Å². The highest BCUT2D eigenvalue weighted by Crippen LogP contribution is 2.21. The summed E-state index contributed by atoms with van der Waals surface area (Å²) in [6.45, 7) is 5.37. The number of nitrogens with one attached hydrogen (secondary N) is 1. The fraction of sp³-hybridized carbons (Fsp3) is 0.188. The van der Waals surface area contributed by atoms with Crippen LogP contribution in [0.5, 0.6) is 0 Å². The number of sulfonamides is 1. The Morgan fingerprint density at radius 2 is 1.59 bits per heavy atom. The molecule has 6 heteroatoms. The van der Waals surface area contributed by atoms with E-state index in [0.29, 0.717) is 11.3 Å². The summed E-state index contributed by atoms with van der Waals surface area (Å²) in [7, 11) is -3.83. The second kappa shape index (κ2) is 5.81. The van der Waals surface area contributed by atoms with Crippen LogP contribution in [0.2, 0.25) is 0 Å². The van der Waals surface area contributed by atoms with Crippen LogP contribution in [0.1, 0.15) is 27.0 Å². The van der Waals surface area contributed by atoms with Crippen molar-refractivity contribution in [2.24, 2.45) is 0 Å². The minimum absolute atomic E-state index is 0.0247. The monoisotopic (exact) mass is 319 g/mol. The van der Waals surface area contributed by atoms with Crippen molar-refractivity contribution >= 4 is 21.7 Å². The van der Waals surface area contributed by atoms with Crippen LogP contribution < -0.4 is 4.72 Å². The minimum atomic E-state index is -3.83. The van der Waals surface area contributed by atoms with Crippen LogP contribution >= 0.6 is 0 Å². The number of carboxylic acids is 1. The van der Waals surface area contributed by atoms with E-state index < -0.39 is 16.0 Å². The van der Waals surface area contributed by atoms with Gasteiger partial charge in [-0.25, -0.2) is 13.2 Å². The average molecular weight is 319 g/mol. The van der Waals surface area contributed by atoms with E-state index in [-0.39, 0.29) is 10.5 Å². The Kier molecular flexibility index (Phi) is 4.23. The van der Waals surface area contributed by atoms with Gasteiger partial charge in [0.15, 0.2) is 0 Å². The van der Waals surface area contributed by atoms with Gasteiger partial charge in [0.1, 0.15) is 0 Å². The van der Waals surface area contributed by atoms with Crippen LogP contribution in [0, 0.1) is 20.8 Å². The molecule has 0 saturated carbocycles. The molecular weight excluding hydrogens is 302 g/mol. The highest BCUT2D eigenvalue weighted by Gasteiger charge is 2.18. The molecule has 0 aromatic heterocycles. The lowest BCUT2D eigenvalue weighted by molar-refractivity contribution is 0.0696. The first-order valence-corrected chi connectivity index (χ1v) is 8.12. The number of aromatic carboxylic acids is 1. The fourth-order valence-corrected chi connectivity index (χ4v) is 3.31. The van der Waals surface area contributed by atoms with Crippen LogP contribution in [0.3, 0.4) is 0 Å². The van der Waals surface area contributed by atoms with E-state index in [2.05, 4.69) is 4.72 Å². The van der Waals surface area contributed by atoms with Crippen LogP contribution in [0.25, 0.3) is 0 Å². The molecule has 0 atom stereocenters. The van der Waals surface area contributed by atoms with Gasteiger partial charge < -0.3 is 5.11 Å². The molecule has 22 heavy (non-hydrogen) atoms. The summed E-state index contributed by atoms with van der Waals surface area (Å²) in [5.41, 5.74) is 2.82. The third-order valence-corrected chi connectivity index (χ3v) is 4.60. The first-order chi connectivity index (χ1) is 10.2. The van der Waals surface area contributed by atoms with Gasteiger partial charge in [-0.05, 0) is 61.7 Å². The molecule has 0 heterocycles. The molecule has 116 valence electrons. The van der Waals surface area contributed by atoms with Crippen LogP contribution in [-0.2, 0) is 10.0 Å². The minimum Gasteiger partial charge on any atom is -0.478 e. The SMILES string of the molecule is Cc1cc(C)cc(NS(=O)(=O)c2ccc(C)c(C(=O)O)c2)c1. The molecule has 5 nitrogen and oxygen atoms in total. The number of hydrogen-bond acceptors (Lipinski definition) is 3. The fourth-order valence-electron chi connectivity index (χ4n) is 2.25. The third-order valence-electron chi connectivity index (χ3n) is 3.22. The van der Waals surface area contributed by atoms with Crippen LogP contribution in [-0.4, -0.2) is 19.5 Å². The number of rotatable bonds is 4. The molecular formula is C16H17NO4S. The Hall–Kier alpha value is -2.34. The van der Waals surface area contributed by atoms with E-state index in [1.54, 1.807) is 19.1 Å². The van der Waals surface area contributed by atoms with Gasteiger partial charge in [0.05, 0.1) is 10.5 Å². The molecule has 0 bridgehead atoms. The van der Waals surface area contributed by atoms with Crippen LogP contribution in [0.4, 0.5) is 5.69 Å². The topological polar surface area (TPSA) is 83.5 Å². The van der Waals surface area contributed by atoms with Crippen molar-refractivity contribution in [2.75, 3.05) is 4.72 Å². The van der Waals surface area contributed by atoms with Gasteiger partial charge in [0, 0.05) is 5.69 Å². The molecule has 0 aliphatic rings. The van der Waals surface area contributed by atoms with Gasteiger partial charge in [-0.1, -0.05) is 12.1 Å².